The van der Waals surface area contributed by atoms with Crippen LogP contribution in [0.25, 0.3) is 11.3 Å². The number of nitrogens with one attached hydrogen (secondary N) is 2. The Morgan fingerprint density at radius 2 is 2.00 bits per heavy atom. The summed E-state index contributed by atoms with van der Waals surface area (Å²) in [7, 11) is 0. The first-order valence-electron chi connectivity index (χ1n) is 9.30. The lowest BCUT2D eigenvalue weighted by Crippen LogP contribution is -2.41. The number of likely N-dealkylation sites (tertiary alicyclic amines) is 1. The summed E-state index contributed by atoms with van der Waals surface area (Å²) in [5.74, 6) is -1.98. The van der Waals surface area contributed by atoms with E-state index in [0.29, 0.717) is 12.2 Å². The van der Waals surface area contributed by atoms with Crippen LogP contribution in [0.2, 0.25) is 0 Å². The highest BCUT2D eigenvalue weighted by molar-refractivity contribution is 5.62. The number of H-pyrrole nitrogens is 1. The second-order valence-corrected chi connectivity index (χ2v) is 7.13. The Bertz CT molecular complexity index is 956. The van der Waals surface area contributed by atoms with Gasteiger partial charge in [0.15, 0.2) is 11.6 Å². The van der Waals surface area contributed by atoms with Gasteiger partial charge in [-0.1, -0.05) is 12.1 Å². The molecule has 1 aromatic heterocycles. The first kappa shape index (κ1) is 18.6. The van der Waals surface area contributed by atoms with Crippen LogP contribution in [0.4, 0.5) is 18.9 Å². The number of hydrogen-bond acceptors (Lipinski definition) is 3. The van der Waals surface area contributed by atoms with Crippen molar-refractivity contribution >= 4 is 5.69 Å². The maximum absolute atomic E-state index is 13.6. The molecule has 2 N–H and O–H groups in total. The predicted molar refractivity (Wildman–Crippen MR) is 102 cm³/mol. The summed E-state index contributed by atoms with van der Waals surface area (Å²) < 4.78 is 40.1. The van der Waals surface area contributed by atoms with Crippen molar-refractivity contribution in [2.75, 3.05) is 18.4 Å². The minimum absolute atomic E-state index is 0.142. The van der Waals surface area contributed by atoms with Crippen LogP contribution in [0.3, 0.4) is 0 Å². The van der Waals surface area contributed by atoms with Crippen molar-refractivity contribution in [2.45, 2.75) is 25.4 Å². The minimum atomic E-state index is -0.851. The maximum Gasteiger partial charge on any atom is 0.160 e. The average Bonchev–Trinajstić information content (AvgIpc) is 3.13. The van der Waals surface area contributed by atoms with Crippen LogP contribution < -0.4 is 5.32 Å². The molecule has 1 fully saturated rings. The lowest BCUT2D eigenvalue weighted by Gasteiger charge is -2.33. The molecule has 1 saturated heterocycles. The van der Waals surface area contributed by atoms with Gasteiger partial charge in [-0.25, -0.2) is 13.2 Å². The smallest absolute Gasteiger partial charge is 0.160 e. The fourth-order valence-corrected chi connectivity index (χ4v) is 3.70. The Morgan fingerprint density at radius 3 is 2.82 bits per heavy atom. The Morgan fingerprint density at radius 1 is 1.11 bits per heavy atom. The third-order valence-corrected chi connectivity index (χ3v) is 5.02. The first-order chi connectivity index (χ1) is 13.6. The topological polar surface area (TPSA) is 44.0 Å². The summed E-state index contributed by atoms with van der Waals surface area (Å²) in [5.41, 5.74) is 3.16. The van der Waals surface area contributed by atoms with Crippen molar-refractivity contribution in [1.29, 1.82) is 0 Å². The van der Waals surface area contributed by atoms with Crippen molar-refractivity contribution in [3.63, 3.8) is 0 Å². The molecular formula is C21H21F3N4. The van der Waals surface area contributed by atoms with Crippen LogP contribution in [0.15, 0.2) is 48.7 Å². The van der Waals surface area contributed by atoms with Crippen LogP contribution in [0, 0.1) is 17.5 Å². The molecule has 4 rings (SSSR count). The summed E-state index contributed by atoms with van der Waals surface area (Å²) in [6.07, 6.45) is 3.72. The van der Waals surface area contributed by atoms with Gasteiger partial charge in [-0.2, -0.15) is 5.10 Å². The van der Waals surface area contributed by atoms with E-state index >= 15 is 0 Å². The molecule has 3 aromatic rings. The van der Waals surface area contributed by atoms with Gasteiger partial charge in [0, 0.05) is 42.0 Å². The lowest BCUT2D eigenvalue weighted by molar-refractivity contribution is 0.209. The molecule has 28 heavy (non-hydrogen) atoms. The van der Waals surface area contributed by atoms with Gasteiger partial charge in [0.2, 0.25) is 0 Å². The zero-order valence-corrected chi connectivity index (χ0v) is 15.3. The molecule has 0 aliphatic carbocycles. The highest BCUT2D eigenvalue weighted by Crippen LogP contribution is 2.25. The molecule has 0 radical (unpaired) electrons. The molecule has 0 amide bonds. The van der Waals surface area contributed by atoms with Gasteiger partial charge in [0.1, 0.15) is 5.82 Å². The van der Waals surface area contributed by atoms with E-state index < -0.39 is 11.6 Å². The van der Waals surface area contributed by atoms with Crippen molar-refractivity contribution in [3.8, 4) is 11.3 Å². The Hall–Kier alpha value is -2.80. The van der Waals surface area contributed by atoms with Gasteiger partial charge >= 0.3 is 0 Å². The highest BCUT2D eigenvalue weighted by atomic mass is 19.2. The number of aromatic nitrogens is 2. The van der Waals surface area contributed by atoms with Crippen LogP contribution in [0.1, 0.15) is 18.4 Å². The second kappa shape index (κ2) is 8.06. The standard InChI is InChI=1S/C21H21F3N4/c22-16-4-1-3-14(9-16)21-15(11-25-27-21)12-28-8-2-5-18(13-28)26-17-6-7-19(23)20(24)10-17/h1,3-4,6-7,9-11,18,26H,2,5,8,12-13H2,(H,25,27)/t18-/m0/s1. The number of hydrogen-bond donors (Lipinski definition) is 2. The monoisotopic (exact) mass is 386 g/mol. The third-order valence-electron chi connectivity index (χ3n) is 5.02. The average molecular weight is 386 g/mol. The van der Waals surface area contributed by atoms with E-state index in [4.69, 9.17) is 0 Å². The van der Waals surface area contributed by atoms with Gasteiger partial charge in [-0.05, 0) is 43.7 Å². The summed E-state index contributed by atoms with van der Waals surface area (Å²) in [6.45, 7) is 2.38. The summed E-state index contributed by atoms with van der Waals surface area (Å²) in [5, 5.41) is 10.4. The predicted octanol–water partition coefficient (Wildman–Crippen LogP) is 4.57. The van der Waals surface area contributed by atoms with Crippen LogP contribution >= 0.6 is 0 Å². The Labute approximate surface area is 161 Å². The van der Waals surface area contributed by atoms with Crippen LogP contribution in [-0.2, 0) is 6.54 Å². The lowest BCUT2D eigenvalue weighted by atomic mass is 10.0. The van der Waals surface area contributed by atoms with Crippen molar-refractivity contribution in [3.05, 3.63) is 71.7 Å². The zero-order chi connectivity index (χ0) is 19.5. The van der Waals surface area contributed by atoms with Crippen molar-refractivity contribution in [1.82, 2.24) is 15.1 Å². The van der Waals surface area contributed by atoms with E-state index in [2.05, 4.69) is 20.4 Å². The second-order valence-electron chi connectivity index (χ2n) is 7.13. The molecule has 1 atom stereocenters. The van der Waals surface area contributed by atoms with Gasteiger partial charge in [0.05, 0.1) is 11.9 Å². The van der Waals surface area contributed by atoms with E-state index in [1.807, 2.05) is 6.07 Å². The number of piperidine rings is 1. The normalized spacial score (nSPS) is 17.6. The number of nitrogens with zero attached hydrogens (tertiary/aromatic N) is 2. The molecular weight excluding hydrogens is 365 g/mol. The van der Waals surface area contributed by atoms with E-state index in [1.165, 1.54) is 18.2 Å². The van der Waals surface area contributed by atoms with Gasteiger partial charge in [-0.3, -0.25) is 10.00 Å². The molecule has 1 aliphatic heterocycles. The quantitative estimate of drug-likeness (QED) is 0.675. The highest BCUT2D eigenvalue weighted by Gasteiger charge is 2.22. The molecule has 7 heteroatoms. The maximum atomic E-state index is 13.6. The number of benzene rings is 2. The van der Waals surface area contributed by atoms with E-state index in [0.717, 1.165) is 48.8 Å². The van der Waals surface area contributed by atoms with Crippen LogP contribution in [0.5, 0.6) is 0 Å². The molecule has 2 aromatic carbocycles. The Kier molecular flexibility index (Phi) is 5.34. The van der Waals surface area contributed by atoms with Crippen molar-refractivity contribution < 1.29 is 13.2 Å². The number of halogens is 3. The molecule has 2 heterocycles. The number of rotatable bonds is 5. The number of anilines is 1. The zero-order valence-electron chi connectivity index (χ0n) is 15.3. The first-order valence-corrected chi connectivity index (χ1v) is 9.30. The van der Waals surface area contributed by atoms with E-state index in [9.17, 15) is 13.2 Å². The SMILES string of the molecule is Fc1cccc(-c2[nH]ncc2CN2CCC[C@H](Nc3ccc(F)c(F)c3)C2)c1. The molecule has 0 spiro atoms. The molecule has 4 nitrogen and oxygen atoms in total. The Balaban J connectivity index is 1.43. The third kappa shape index (κ3) is 4.20. The summed E-state index contributed by atoms with van der Waals surface area (Å²) in [6, 6.07) is 10.4. The molecule has 1 aliphatic rings. The molecule has 0 unspecified atom stereocenters. The van der Waals surface area contributed by atoms with Gasteiger partial charge < -0.3 is 5.32 Å². The largest absolute Gasteiger partial charge is 0.381 e. The fourth-order valence-electron chi connectivity index (χ4n) is 3.70. The number of aromatic amines is 1. The van der Waals surface area contributed by atoms with Crippen molar-refractivity contribution in [2.24, 2.45) is 0 Å². The van der Waals surface area contributed by atoms with E-state index in [-0.39, 0.29) is 11.9 Å². The van der Waals surface area contributed by atoms with Gasteiger partial charge in [-0.15, -0.1) is 0 Å². The van der Waals surface area contributed by atoms with E-state index in [1.54, 1.807) is 18.3 Å². The molecule has 146 valence electrons. The molecule has 0 bridgehead atoms. The summed E-state index contributed by atoms with van der Waals surface area (Å²) >= 11 is 0. The minimum Gasteiger partial charge on any atom is -0.381 e. The fraction of sp³-hybridized carbons (Fsp3) is 0.286. The summed E-state index contributed by atoms with van der Waals surface area (Å²) in [4.78, 5) is 2.29. The van der Waals surface area contributed by atoms with Crippen LogP contribution in [-0.4, -0.2) is 34.2 Å². The molecule has 0 saturated carbocycles. The van der Waals surface area contributed by atoms with Gasteiger partial charge in [0.25, 0.3) is 0 Å².